The molecule has 0 saturated carbocycles. The Bertz CT molecular complexity index is 849. The lowest BCUT2D eigenvalue weighted by molar-refractivity contribution is -0.140. The van der Waals surface area contributed by atoms with Crippen LogP contribution in [0.4, 0.5) is 5.69 Å². The predicted molar refractivity (Wildman–Crippen MR) is 99.4 cm³/mol. The number of hydrogen-bond donors (Lipinski definition) is 2. The first kappa shape index (κ1) is 20.9. The molecule has 0 radical (unpaired) electrons. The highest BCUT2D eigenvalue weighted by atomic mass is 32.2. The molecule has 1 fully saturated rings. The van der Waals surface area contributed by atoms with E-state index in [1.54, 1.807) is 4.90 Å². The molecule has 1 aliphatic heterocycles. The van der Waals surface area contributed by atoms with Crippen molar-refractivity contribution in [2.24, 2.45) is 0 Å². The molecule has 1 heterocycles. The van der Waals surface area contributed by atoms with Crippen LogP contribution < -0.4 is 5.32 Å². The van der Waals surface area contributed by atoms with Crippen molar-refractivity contribution in [1.82, 2.24) is 4.90 Å². The van der Waals surface area contributed by atoms with Gasteiger partial charge in [0.05, 0.1) is 10.5 Å². The van der Waals surface area contributed by atoms with E-state index in [0.717, 1.165) is 25.2 Å². The number of rotatable bonds is 6. The maximum Gasteiger partial charge on any atom is 0.335 e. The van der Waals surface area contributed by atoms with Crippen molar-refractivity contribution in [1.29, 1.82) is 0 Å². The molecule has 1 aliphatic rings. The Labute approximate surface area is 158 Å². The lowest BCUT2D eigenvalue weighted by Gasteiger charge is -2.34. The predicted octanol–water partition coefficient (Wildman–Crippen LogP) is 1.91. The number of carbonyl (C=O) groups excluding carboxylic acids is 2. The quantitative estimate of drug-likeness (QED) is 0.758. The molecule has 1 aromatic carbocycles. The Morgan fingerprint density at radius 3 is 2.52 bits per heavy atom. The summed E-state index contributed by atoms with van der Waals surface area (Å²) < 4.78 is 23.6. The van der Waals surface area contributed by atoms with Crippen molar-refractivity contribution in [2.45, 2.75) is 50.0 Å². The highest BCUT2D eigenvalue weighted by Gasteiger charge is 2.31. The van der Waals surface area contributed by atoms with E-state index in [4.69, 9.17) is 0 Å². The van der Waals surface area contributed by atoms with E-state index < -0.39 is 27.8 Å². The number of piperidine rings is 1. The molecule has 9 heteroatoms. The van der Waals surface area contributed by atoms with E-state index in [0.29, 0.717) is 25.8 Å². The third-order valence-corrected chi connectivity index (χ3v) is 5.53. The minimum Gasteiger partial charge on any atom is -0.478 e. The largest absolute Gasteiger partial charge is 0.478 e. The van der Waals surface area contributed by atoms with Gasteiger partial charge in [-0.2, -0.15) is 0 Å². The van der Waals surface area contributed by atoms with Crippen molar-refractivity contribution in [3.8, 4) is 0 Å². The zero-order valence-corrected chi connectivity index (χ0v) is 16.2. The molecule has 1 unspecified atom stereocenters. The maximum atomic E-state index is 12.7. The summed E-state index contributed by atoms with van der Waals surface area (Å²) in [4.78, 5) is 37.6. The number of anilines is 1. The van der Waals surface area contributed by atoms with Crippen LogP contribution in [0.2, 0.25) is 0 Å². The van der Waals surface area contributed by atoms with Crippen molar-refractivity contribution in [3.05, 3.63) is 23.8 Å². The standard InChI is InChI=1S/C18H24N2O6S/c1-3-6-16(21)20-8-5-4-7-15(20)17(22)19-13-9-12(18(23)24)10-14(11-13)27(2,25)26/h9-11,15H,3-8H2,1-2H3,(H,19,22)(H,23,24). The summed E-state index contributed by atoms with van der Waals surface area (Å²) >= 11 is 0. The van der Waals surface area contributed by atoms with Gasteiger partial charge in [0, 0.05) is 24.9 Å². The first-order valence-electron chi connectivity index (χ1n) is 8.82. The van der Waals surface area contributed by atoms with Gasteiger partial charge in [-0.05, 0) is 43.9 Å². The van der Waals surface area contributed by atoms with Gasteiger partial charge >= 0.3 is 5.97 Å². The number of carboxylic acids is 1. The molecule has 1 saturated heterocycles. The molecule has 0 bridgehead atoms. The van der Waals surface area contributed by atoms with Crippen LogP contribution >= 0.6 is 0 Å². The number of likely N-dealkylation sites (tertiary alicyclic amines) is 1. The van der Waals surface area contributed by atoms with Crippen LogP contribution in [-0.4, -0.2) is 55.1 Å². The molecule has 0 spiro atoms. The molecule has 1 atom stereocenters. The van der Waals surface area contributed by atoms with Crippen molar-refractivity contribution < 1.29 is 27.9 Å². The van der Waals surface area contributed by atoms with E-state index in [1.165, 1.54) is 12.1 Å². The Morgan fingerprint density at radius 2 is 1.93 bits per heavy atom. The summed E-state index contributed by atoms with van der Waals surface area (Å²) in [7, 11) is -3.65. The fourth-order valence-corrected chi connectivity index (χ4v) is 3.78. The second-order valence-corrected chi connectivity index (χ2v) is 8.68. The smallest absolute Gasteiger partial charge is 0.335 e. The van der Waals surface area contributed by atoms with Crippen molar-refractivity contribution in [3.63, 3.8) is 0 Å². The van der Waals surface area contributed by atoms with Gasteiger partial charge < -0.3 is 15.3 Å². The van der Waals surface area contributed by atoms with E-state index in [2.05, 4.69) is 5.32 Å². The van der Waals surface area contributed by atoms with E-state index >= 15 is 0 Å². The van der Waals surface area contributed by atoms with Crippen LogP contribution in [0.1, 0.15) is 49.4 Å². The minimum atomic E-state index is -3.65. The summed E-state index contributed by atoms with van der Waals surface area (Å²) in [6, 6.07) is 2.83. The second-order valence-electron chi connectivity index (χ2n) is 6.66. The number of sulfone groups is 1. The number of carbonyl (C=O) groups is 3. The van der Waals surface area contributed by atoms with Gasteiger partial charge in [0.1, 0.15) is 6.04 Å². The minimum absolute atomic E-state index is 0.0776. The second kappa shape index (κ2) is 8.51. The fraction of sp³-hybridized carbons (Fsp3) is 0.500. The van der Waals surface area contributed by atoms with Crippen LogP contribution in [-0.2, 0) is 19.4 Å². The first-order chi connectivity index (χ1) is 12.6. The summed E-state index contributed by atoms with van der Waals surface area (Å²) in [6.07, 6.45) is 4.15. The number of carboxylic acid groups (broad SMARTS) is 1. The molecular weight excluding hydrogens is 372 g/mol. The van der Waals surface area contributed by atoms with E-state index in [9.17, 15) is 27.9 Å². The third-order valence-electron chi connectivity index (χ3n) is 4.44. The summed E-state index contributed by atoms with van der Waals surface area (Å²) in [6.45, 7) is 2.39. The monoisotopic (exact) mass is 396 g/mol. The number of aromatic carboxylic acids is 1. The number of nitrogens with zero attached hydrogens (tertiary/aromatic N) is 1. The zero-order chi connectivity index (χ0) is 20.2. The maximum absolute atomic E-state index is 12.7. The summed E-state index contributed by atoms with van der Waals surface area (Å²) in [5, 5.41) is 11.8. The third kappa shape index (κ3) is 5.29. The van der Waals surface area contributed by atoms with Crippen LogP contribution in [0.5, 0.6) is 0 Å². The molecule has 0 aromatic heterocycles. The number of amides is 2. The Hall–Kier alpha value is -2.42. The average Bonchev–Trinajstić information content (AvgIpc) is 2.60. The Kier molecular flexibility index (Phi) is 6.59. The van der Waals surface area contributed by atoms with Crippen molar-refractivity contribution >= 4 is 33.3 Å². The zero-order valence-electron chi connectivity index (χ0n) is 15.4. The fourth-order valence-electron chi connectivity index (χ4n) is 3.09. The molecule has 148 valence electrons. The van der Waals surface area contributed by atoms with Crippen LogP contribution in [0.15, 0.2) is 23.1 Å². The Balaban J connectivity index is 2.29. The molecule has 2 N–H and O–H groups in total. The van der Waals surface area contributed by atoms with Gasteiger partial charge in [0.15, 0.2) is 9.84 Å². The van der Waals surface area contributed by atoms with Gasteiger partial charge in [-0.15, -0.1) is 0 Å². The molecule has 2 rings (SSSR count). The number of benzene rings is 1. The molecule has 2 amide bonds. The first-order valence-corrected chi connectivity index (χ1v) is 10.7. The van der Waals surface area contributed by atoms with Crippen LogP contribution in [0.25, 0.3) is 0 Å². The lowest BCUT2D eigenvalue weighted by atomic mass is 10.0. The van der Waals surface area contributed by atoms with Crippen LogP contribution in [0.3, 0.4) is 0 Å². The lowest BCUT2D eigenvalue weighted by Crippen LogP contribution is -2.49. The van der Waals surface area contributed by atoms with E-state index in [1.807, 2.05) is 6.92 Å². The Morgan fingerprint density at radius 1 is 1.22 bits per heavy atom. The summed E-state index contributed by atoms with van der Waals surface area (Å²) in [5.74, 6) is -1.83. The number of nitrogens with one attached hydrogen (secondary N) is 1. The highest BCUT2D eigenvalue weighted by molar-refractivity contribution is 7.90. The highest BCUT2D eigenvalue weighted by Crippen LogP contribution is 2.23. The molecule has 1 aromatic rings. The SMILES string of the molecule is CCCC(=O)N1CCCCC1C(=O)Nc1cc(C(=O)O)cc(S(C)(=O)=O)c1. The van der Waals surface area contributed by atoms with E-state index in [-0.39, 0.29) is 22.1 Å². The normalized spacial score (nSPS) is 17.4. The molecule has 27 heavy (non-hydrogen) atoms. The average molecular weight is 396 g/mol. The van der Waals surface area contributed by atoms with Gasteiger partial charge in [-0.25, -0.2) is 13.2 Å². The van der Waals surface area contributed by atoms with Gasteiger partial charge in [0.2, 0.25) is 11.8 Å². The summed E-state index contributed by atoms with van der Waals surface area (Å²) in [5.41, 5.74) is -0.162. The number of hydrogen-bond acceptors (Lipinski definition) is 5. The molecule has 0 aliphatic carbocycles. The van der Waals surface area contributed by atoms with Gasteiger partial charge in [-0.3, -0.25) is 9.59 Å². The van der Waals surface area contributed by atoms with Crippen molar-refractivity contribution in [2.75, 3.05) is 18.1 Å². The van der Waals surface area contributed by atoms with Gasteiger partial charge in [-0.1, -0.05) is 6.92 Å². The molecule has 8 nitrogen and oxygen atoms in total. The van der Waals surface area contributed by atoms with Crippen LogP contribution in [0, 0.1) is 0 Å². The topological polar surface area (TPSA) is 121 Å². The van der Waals surface area contributed by atoms with Gasteiger partial charge in [0.25, 0.3) is 0 Å². The molecular formula is C18H24N2O6S.